The predicted octanol–water partition coefficient (Wildman–Crippen LogP) is 3.82. The molecule has 3 aromatic rings. The summed E-state index contributed by atoms with van der Waals surface area (Å²) in [6.45, 7) is 4.44. The summed E-state index contributed by atoms with van der Waals surface area (Å²) in [5.41, 5.74) is 3.30. The molecule has 31 heavy (non-hydrogen) atoms. The summed E-state index contributed by atoms with van der Waals surface area (Å²) in [6, 6.07) is 20.5. The van der Waals surface area contributed by atoms with E-state index in [4.69, 9.17) is 10.00 Å². The van der Waals surface area contributed by atoms with Crippen molar-refractivity contribution in [3.05, 3.63) is 66.4 Å². The maximum Gasteiger partial charge on any atom is 0.228 e. The quantitative estimate of drug-likeness (QED) is 0.316. The molecule has 2 heterocycles. The van der Waals surface area contributed by atoms with Gasteiger partial charge in [0.25, 0.3) is 0 Å². The minimum atomic E-state index is 0.350. The number of nitrogens with zero attached hydrogens (tertiary/aromatic N) is 4. The summed E-state index contributed by atoms with van der Waals surface area (Å²) in [6.07, 6.45) is 1.76. The number of anilines is 3. The van der Waals surface area contributed by atoms with E-state index in [-0.39, 0.29) is 0 Å². The molecule has 0 saturated carbocycles. The van der Waals surface area contributed by atoms with E-state index in [1.807, 2.05) is 18.2 Å². The Labute approximate surface area is 186 Å². The fourth-order valence-electron chi connectivity index (χ4n) is 3.22. The molecule has 0 radical (unpaired) electrons. The predicted molar refractivity (Wildman–Crippen MR) is 123 cm³/mol. The molecule has 0 aliphatic carbocycles. The zero-order chi connectivity index (χ0) is 21.3. The van der Waals surface area contributed by atoms with Gasteiger partial charge in [0.1, 0.15) is 5.03 Å². The average molecular weight is 433 g/mol. The van der Waals surface area contributed by atoms with Crippen LogP contribution in [0.15, 0.2) is 70.7 Å². The van der Waals surface area contributed by atoms with Gasteiger partial charge in [-0.3, -0.25) is 0 Å². The highest BCUT2D eigenvalue weighted by Gasteiger charge is 2.11. The monoisotopic (exact) mass is 432 g/mol. The van der Waals surface area contributed by atoms with E-state index in [1.165, 1.54) is 5.69 Å². The molecule has 158 valence electrons. The first-order valence-corrected chi connectivity index (χ1v) is 11.0. The zero-order valence-corrected chi connectivity index (χ0v) is 17.9. The van der Waals surface area contributed by atoms with Gasteiger partial charge in [-0.15, -0.1) is 0 Å². The first-order valence-electron chi connectivity index (χ1n) is 10.2. The number of hydrogen-bond donors (Lipinski definition) is 2. The smallest absolute Gasteiger partial charge is 0.228 e. The lowest BCUT2D eigenvalue weighted by Gasteiger charge is -2.28. The number of morpholine rings is 1. The minimum absolute atomic E-state index is 0.350. The molecular weight excluding hydrogens is 408 g/mol. The van der Waals surface area contributed by atoms with Crippen LogP contribution in [-0.4, -0.2) is 42.8 Å². The van der Waals surface area contributed by atoms with E-state index in [0.717, 1.165) is 47.5 Å². The fraction of sp³-hybridized carbons (Fsp3) is 0.261. The Hall–Kier alpha value is -3.12. The van der Waals surface area contributed by atoms with Crippen molar-refractivity contribution in [1.82, 2.24) is 15.3 Å². The van der Waals surface area contributed by atoms with Gasteiger partial charge >= 0.3 is 0 Å². The molecule has 2 N–H and O–H groups in total. The van der Waals surface area contributed by atoms with Crippen molar-refractivity contribution in [2.45, 2.75) is 16.5 Å². The maximum absolute atomic E-state index is 8.60. The van der Waals surface area contributed by atoms with Gasteiger partial charge in [0.05, 0.1) is 25.8 Å². The van der Waals surface area contributed by atoms with E-state index in [2.05, 4.69) is 68.0 Å². The number of hydrogen-bond acceptors (Lipinski definition) is 8. The van der Waals surface area contributed by atoms with Crippen molar-refractivity contribution in [1.29, 1.82) is 5.26 Å². The Kier molecular flexibility index (Phi) is 7.34. The van der Waals surface area contributed by atoms with Crippen molar-refractivity contribution in [3.8, 4) is 6.07 Å². The highest BCUT2D eigenvalue weighted by molar-refractivity contribution is 7.99. The van der Waals surface area contributed by atoms with E-state index in [1.54, 1.807) is 18.0 Å². The molecule has 7 nitrogen and oxygen atoms in total. The number of benzene rings is 2. The Balaban J connectivity index is 1.35. The molecular formula is C23H24N6OS. The second kappa shape index (κ2) is 10.8. The fourth-order valence-corrected chi connectivity index (χ4v) is 4.00. The van der Waals surface area contributed by atoms with E-state index in [0.29, 0.717) is 19.0 Å². The SMILES string of the molecule is N#CCNCc1ccc(Sc2ccnc(Nc3ccc(N4CCOCC4)cc3)n2)cc1. The third kappa shape index (κ3) is 6.18. The van der Waals surface area contributed by atoms with Crippen LogP contribution in [-0.2, 0) is 11.3 Å². The average Bonchev–Trinajstić information content (AvgIpc) is 2.82. The van der Waals surface area contributed by atoms with Crippen LogP contribution < -0.4 is 15.5 Å². The van der Waals surface area contributed by atoms with Gasteiger partial charge in [-0.05, 0) is 48.0 Å². The summed E-state index contributed by atoms with van der Waals surface area (Å²) >= 11 is 1.59. The number of rotatable bonds is 8. The van der Waals surface area contributed by atoms with Crippen LogP contribution in [0.2, 0.25) is 0 Å². The zero-order valence-electron chi connectivity index (χ0n) is 17.1. The summed E-state index contributed by atoms with van der Waals surface area (Å²) in [5.74, 6) is 0.571. The molecule has 1 aliphatic rings. The van der Waals surface area contributed by atoms with Gasteiger partial charge < -0.3 is 20.3 Å². The van der Waals surface area contributed by atoms with Crippen molar-refractivity contribution < 1.29 is 4.74 Å². The normalized spacial score (nSPS) is 13.6. The van der Waals surface area contributed by atoms with Crippen LogP contribution in [0.1, 0.15) is 5.56 Å². The Morgan fingerprint density at radius 1 is 1.03 bits per heavy atom. The Morgan fingerprint density at radius 3 is 2.55 bits per heavy atom. The Morgan fingerprint density at radius 2 is 1.81 bits per heavy atom. The number of nitrogens with one attached hydrogen (secondary N) is 2. The highest BCUT2D eigenvalue weighted by Crippen LogP contribution is 2.27. The first-order chi connectivity index (χ1) is 15.3. The van der Waals surface area contributed by atoms with Crippen molar-refractivity contribution in [2.75, 3.05) is 43.1 Å². The van der Waals surface area contributed by atoms with Gasteiger partial charge in [-0.1, -0.05) is 23.9 Å². The maximum atomic E-state index is 8.60. The summed E-state index contributed by atoms with van der Waals surface area (Å²) in [7, 11) is 0. The van der Waals surface area contributed by atoms with Gasteiger partial charge in [-0.2, -0.15) is 5.26 Å². The van der Waals surface area contributed by atoms with Crippen LogP contribution >= 0.6 is 11.8 Å². The third-order valence-corrected chi connectivity index (χ3v) is 5.75. The summed E-state index contributed by atoms with van der Waals surface area (Å²) in [4.78, 5) is 12.4. The Bertz CT molecular complexity index is 1010. The van der Waals surface area contributed by atoms with Gasteiger partial charge in [0, 0.05) is 42.1 Å². The molecule has 0 unspecified atom stereocenters. The second-order valence-electron chi connectivity index (χ2n) is 7.00. The molecule has 0 amide bonds. The van der Waals surface area contributed by atoms with E-state index >= 15 is 0 Å². The van der Waals surface area contributed by atoms with Crippen molar-refractivity contribution in [2.24, 2.45) is 0 Å². The lowest BCUT2D eigenvalue weighted by Crippen LogP contribution is -2.36. The van der Waals surface area contributed by atoms with Crippen molar-refractivity contribution in [3.63, 3.8) is 0 Å². The molecule has 0 spiro atoms. The van der Waals surface area contributed by atoms with Crippen molar-refractivity contribution >= 4 is 29.1 Å². The molecule has 2 aromatic carbocycles. The molecule has 8 heteroatoms. The molecule has 0 atom stereocenters. The second-order valence-corrected chi connectivity index (χ2v) is 8.09. The largest absolute Gasteiger partial charge is 0.378 e. The third-order valence-electron chi connectivity index (χ3n) is 4.81. The minimum Gasteiger partial charge on any atom is -0.378 e. The van der Waals surface area contributed by atoms with Gasteiger partial charge in [-0.25, -0.2) is 9.97 Å². The topological polar surface area (TPSA) is 86.1 Å². The molecule has 4 rings (SSSR count). The van der Waals surface area contributed by atoms with Gasteiger partial charge in [0.15, 0.2) is 0 Å². The molecule has 1 saturated heterocycles. The molecule has 1 fully saturated rings. The summed E-state index contributed by atoms with van der Waals surface area (Å²) in [5, 5.41) is 15.8. The number of nitriles is 1. The molecule has 0 bridgehead atoms. The van der Waals surface area contributed by atoms with Crippen LogP contribution in [0.3, 0.4) is 0 Å². The van der Waals surface area contributed by atoms with Crippen LogP contribution in [0, 0.1) is 11.3 Å². The number of ether oxygens (including phenoxy) is 1. The molecule has 1 aromatic heterocycles. The van der Waals surface area contributed by atoms with E-state index < -0.39 is 0 Å². The lowest BCUT2D eigenvalue weighted by molar-refractivity contribution is 0.122. The number of aromatic nitrogens is 2. The lowest BCUT2D eigenvalue weighted by atomic mass is 10.2. The van der Waals surface area contributed by atoms with Gasteiger partial charge in [0.2, 0.25) is 5.95 Å². The van der Waals surface area contributed by atoms with Crippen LogP contribution in [0.4, 0.5) is 17.3 Å². The highest BCUT2D eigenvalue weighted by atomic mass is 32.2. The molecule has 1 aliphatic heterocycles. The van der Waals surface area contributed by atoms with Crippen LogP contribution in [0.5, 0.6) is 0 Å². The van der Waals surface area contributed by atoms with E-state index in [9.17, 15) is 0 Å². The first kappa shape index (κ1) is 21.1. The van der Waals surface area contributed by atoms with Crippen LogP contribution in [0.25, 0.3) is 0 Å². The standard InChI is InChI=1S/C23H24N6OS/c24-10-12-25-17-18-1-7-21(8-2-18)31-22-9-11-26-23(28-22)27-19-3-5-20(6-4-19)29-13-15-30-16-14-29/h1-9,11,25H,12-17H2,(H,26,27,28). The summed E-state index contributed by atoms with van der Waals surface area (Å²) < 4.78 is 5.42.